The van der Waals surface area contributed by atoms with Gasteiger partial charge in [-0.15, -0.1) is 0 Å². The summed E-state index contributed by atoms with van der Waals surface area (Å²) < 4.78 is 2.02. The number of aromatic nitrogens is 2. The lowest BCUT2D eigenvalue weighted by atomic mass is 10.2. The molecule has 0 fully saturated rings. The first-order valence-corrected chi connectivity index (χ1v) is 6.36. The monoisotopic (exact) mass is 244 g/mol. The van der Waals surface area contributed by atoms with Crippen LogP contribution in [0.1, 0.15) is 19.5 Å². The fraction of sp³-hybridized carbons (Fsp3) is 0.357. The molecule has 96 valence electrons. The van der Waals surface area contributed by atoms with E-state index in [-0.39, 0.29) is 0 Å². The van der Waals surface area contributed by atoms with Crippen molar-refractivity contribution < 1.29 is 0 Å². The molecular weight excluding hydrogens is 224 g/mol. The second kappa shape index (κ2) is 5.69. The van der Waals surface area contributed by atoms with Crippen molar-refractivity contribution in [3.8, 4) is 5.69 Å². The van der Waals surface area contributed by atoms with Gasteiger partial charge < -0.3 is 15.2 Å². The Morgan fingerprint density at radius 1 is 1.17 bits per heavy atom. The minimum Gasteiger partial charge on any atom is -0.372 e. The van der Waals surface area contributed by atoms with Gasteiger partial charge in [0.1, 0.15) is 0 Å². The first-order valence-electron chi connectivity index (χ1n) is 6.36. The average molecular weight is 244 g/mol. The molecule has 0 spiro atoms. The molecule has 2 N–H and O–H groups in total. The van der Waals surface area contributed by atoms with Gasteiger partial charge in [0.15, 0.2) is 0 Å². The van der Waals surface area contributed by atoms with Gasteiger partial charge in [0.05, 0.1) is 12.0 Å². The van der Waals surface area contributed by atoms with Crippen LogP contribution in [0.3, 0.4) is 0 Å². The van der Waals surface area contributed by atoms with Gasteiger partial charge in [-0.1, -0.05) is 0 Å². The standard InChI is InChI=1S/C14H20N4/c1-3-17(4-2)12-5-7-13(8-6-12)18-11-16-10-14(18)9-15/h5-8,10-11H,3-4,9,15H2,1-2H3. The molecule has 18 heavy (non-hydrogen) atoms. The molecule has 0 saturated heterocycles. The van der Waals surface area contributed by atoms with Crippen LogP contribution in [-0.4, -0.2) is 22.6 Å². The van der Waals surface area contributed by atoms with Crippen LogP contribution in [-0.2, 0) is 6.54 Å². The van der Waals surface area contributed by atoms with Crippen molar-refractivity contribution in [3.63, 3.8) is 0 Å². The summed E-state index contributed by atoms with van der Waals surface area (Å²) in [6, 6.07) is 8.49. The van der Waals surface area contributed by atoms with E-state index in [9.17, 15) is 0 Å². The van der Waals surface area contributed by atoms with Crippen LogP contribution in [0, 0.1) is 0 Å². The van der Waals surface area contributed by atoms with Gasteiger partial charge in [0, 0.05) is 37.2 Å². The number of hydrogen-bond acceptors (Lipinski definition) is 3. The minimum absolute atomic E-state index is 0.498. The number of rotatable bonds is 5. The molecular formula is C14H20N4. The van der Waals surface area contributed by atoms with Crippen molar-refractivity contribution in [2.24, 2.45) is 5.73 Å². The number of benzene rings is 1. The lowest BCUT2D eigenvalue weighted by molar-refractivity contribution is 0.864. The van der Waals surface area contributed by atoms with Crippen LogP contribution >= 0.6 is 0 Å². The Morgan fingerprint density at radius 3 is 2.39 bits per heavy atom. The van der Waals surface area contributed by atoms with Crippen molar-refractivity contribution in [1.82, 2.24) is 9.55 Å². The molecule has 0 aliphatic carbocycles. The van der Waals surface area contributed by atoms with Crippen LogP contribution in [0.5, 0.6) is 0 Å². The molecule has 4 nitrogen and oxygen atoms in total. The van der Waals surface area contributed by atoms with Gasteiger partial charge in [0.2, 0.25) is 0 Å². The van der Waals surface area contributed by atoms with E-state index in [0.29, 0.717) is 6.54 Å². The highest BCUT2D eigenvalue weighted by Gasteiger charge is 2.04. The summed E-state index contributed by atoms with van der Waals surface area (Å²) in [6.07, 6.45) is 3.60. The number of nitrogens with zero attached hydrogens (tertiary/aromatic N) is 3. The maximum atomic E-state index is 5.68. The smallest absolute Gasteiger partial charge is 0.0994 e. The summed E-state index contributed by atoms with van der Waals surface area (Å²) in [6.45, 7) is 6.88. The molecule has 0 amide bonds. The highest BCUT2D eigenvalue weighted by atomic mass is 15.1. The SMILES string of the molecule is CCN(CC)c1ccc(-n2cncc2CN)cc1. The largest absolute Gasteiger partial charge is 0.372 e. The Kier molecular flexibility index (Phi) is 3.99. The molecule has 2 rings (SSSR count). The molecule has 1 aromatic heterocycles. The van der Waals surface area contributed by atoms with E-state index < -0.39 is 0 Å². The third-order valence-electron chi connectivity index (χ3n) is 3.18. The van der Waals surface area contributed by atoms with Crippen molar-refractivity contribution in [2.45, 2.75) is 20.4 Å². The van der Waals surface area contributed by atoms with Crippen molar-refractivity contribution in [3.05, 3.63) is 42.5 Å². The number of imidazole rings is 1. The highest BCUT2D eigenvalue weighted by Crippen LogP contribution is 2.18. The van der Waals surface area contributed by atoms with E-state index in [0.717, 1.165) is 24.5 Å². The maximum Gasteiger partial charge on any atom is 0.0994 e. The predicted molar refractivity (Wildman–Crippen MR) is 75.0 cm³/mol. The van der Waals surface area contributed by atoms with E-state index in [1.165, 1.54) is 5.69 Å². The van der Waals surface area contributed by atoms with Crippen LogP contribution in [0.25, 0.3) is 5.69 Å². The molecule has 0 aliphatic heterocycles. The number of nitrogens with two attached hydrogens (primary N) is 1. The van der Waals surface area contributed by atoms with Crippen molar-refractivity contribution >= 4 is 5.69 Å². The van der Waals surface area contributed by atoms with Gasteiger partial charge in [-0.2, -0.15) is 0 Å². The minimum atomic E-state index is 0.498. The Labute approximate surface area is 108 Å². The summed E-state index contributed by atoms with van der Waals surface area (Å²) in [5, 5.41) is 0. The van der Waals surface area contributed by atoms with E-state index in [4.69, 9.17) is 5.73 Å². The molecule has 0 radical (unpaired) electrons. The van der Waals surface area contributed by atoms with E-state index in [2.05, 4.69) is 48.0 Å². The quantitative estimate of drug-likeness (QED) is 0.877. The maximum absolute atomic E-state index is 5.68. The predicted octanol–water partition coefficient (Wildman–Crippen LogP) is 2.18. The molecule has 0 bridgehead atoms. The van der Waals surface area contributed by atoms with Gasteiger partial charge in [-0.05, 0) is 38.1 Å². The van der Waals surface area contributed by atoms with Gasteiger partial charge in [-0.25, -0.2) is 4.98 Å². The second-order valence-electron chi connectivity index (χ2n) is 4.15. The van der Waals surface area contributed by atoms with Crippen LogP contribution in [0.15, 0.2) is 36.8 Å². The summed E-state index contributed by atoms with van der Waals surface area (Å²) in [4.78, 5) is 6.45. The number of hydrogen-bond donors (Lipinski definition) is 1. The van der Waals surface area contributed by atoms with Gasteiger partial charge >= 0.3 is 0 Å². The summed E-state index contributed by atoms with van der Waals surface area (Å²) in [7, 11) is 0. The molecule has 4 heteroatoms. The molecule has 0 unspecified atom stereocenters. The summed E-state index contributed by atoms with van der Waals surface area (Å²) in [5.41, 5.74) is 9.05. The van der Waals surface area contributed by atoms with Crippen molar-refractivity contribution in [1.29, 1.82) is 0 Å². The average Bonchev–Trinajstić information content (AvgIpc) is 2.89. The fourth-order valence-electron chi connectivity index (χ4n) is 2.12. The van der Waals surface area contributed by atoms with Crippen LogP contribution < -0.4 is 10.6 Å². The third kappa shape index (κ3) is 2.38. The molecule has 1 aromatic carbocycles. The van der Waals surface area contributed by atoms with E-state index in [1.54, 1.807) is 12.5 Å². The topological polar surface area (TPSA) is 47.1 Å². The van der Waals surface area contributed by atoms with Crippen LogP contribution in [0.4, 0.5) is 5.69 Å². The first-order chi connectivity index (χ1) is 8.80. The lowest BCUT2D eigenvalue weighted by Gasteiger charge is -2.21. The Morgan fingerprint density at radius 2 is 1.83 bits per heavy atom. The van der Waals surface area contributed by atoms with Crippen LogP contribution in [0.2, 0.25) is 0 Å². The number of anilines is 1. The van der Waals surface area contributed by atoms with Gasteiger partial charge in [0.25, 0.3) is 0 Å². The zero-order valence-corrected chi connectivity index (χ0v) is 11.0. The highest BCUT2D eigenvalue weighted by molar-refractivity contribution is 5.51. The van der Waals surface area contributed by atoms with Crippen molar-refractivity contribution in [2.75, 3.05) is 18.0 Å². The van der Waals surface area contributed by atoms with E-state index >= 15 is 0 Å². The molecule has 0 aliphatic rings. The Balaban J connectivity index is 2.27. The zero-order chi connectivity index (χ0) is 13.0. The normalized spacial score (nSPS) is 10.6. The second-order valence-corrected chi connectivity index (χ2v) is 4.15. The molecule has 0 saturated carbocycles. The zero-order valence-electron chi connectivity index (χ0n) is 11.0. The Hall–Kier alpha value is -1.81. The molecule has 2 aromatic rings. The van der Waals surface area contributed by atoms with E-state index in [1.807, 2.05) is 4.57 Å². The van der Waals surface area contributed by atoms with Gasteiger partial charge in [-0.3, -0.25) is 0 Å². The summed E-state index contributed by atoms with van der Waals surface area (Å²) >= 11 is 0. The third-order valence-corrected chi connectivity index (χ3v) is 3.18. The molecule has 1 heterocycles. The lowest BCUT2D eigenvalue weighted by Crippen LogP contribution is -2.21. The first kappa shape index (κ1) is 12.6. The fourth-order valence-corrected chi connectivity index (χ4v) is 2.12. The Bertz CT molecular complexity index is 483. The summed E-state index contributed by atoms with van der Waals surface area (Å²) in [5.74, 6) is 0. The molecule has 0 atom stereocenters.